The van der Waals surface area contributed by atoms with Gasteiger partial charge in [-0.15, -0.1) is 0 Å². The molecule has 110 valence electrons. The van der Waals surface area contributed by atoms with Gasteiger partial charge in [-0.2, -0.15) is 0 Å². The van der Waals surface area contributed by atoms with Crippen molar-refractivity contribution in [3.05, 3.63) is 29.8 Å². The molecule has 0 aliphatic carbocycles. The molecule has 0 saturated heterocycles. The van der Waals surface area contributed by atoms with E-state index < -0.39 is 5.97 Å². The number of amides is 1. The van der Waals surface area contributed by atoms with Crippen LogP contribution >= 0.6 is 0 Å². The average Bonchev–Trinajstić information content (AvgIpc) is 2.41. The maximum absolute atomic E-state index is 12.2. The van der Waals surface area contributed by atoms with Crippen molar-refractivity contribution in [2.45, 2.75) is 39.2 Å². The van der Waals surface area contributed by atoms with Gasteiger partial charge in [0.1, 0.15) is 6.54 Å². The second-order valence-corrected chi connectivity index (χ2v) is 4.92. The molecule has 1 aromatic carbocycles. The Labute approximate surface area is 119 Å². The van der Waals surface area contributed by atoms with E-state index >= 15 is 0 Å². The lowest BCUT2D eigenvalue weighted by Crippen LogP contribution is -2.41. The fourth-order valence-corrected chi connectivity index (χ4v) is 2.00. The first-order valence-corrected chi connectivity index (χ1v) is 6.79. The number of carbonyl (C=O) groups is 2. The van der Waals surface area contributed by atoms with Crippen LogP contribution in [0.2, 0.25) is 0 Å². The van der Waals surface area contributed by atoms with Crippen molar-refractivity contribution in [1.82, 2.24) is 4.90 Å². The third-order valence-corrected chi connectivity index (χ3v) is 3.33. The summed E-state index contributed by atoms with van der Waals surface area (Å²) in [5.74, 6) is -1.12. The van der Waals surface area contributed by atoms with E-state index in [1.807, 2.05) is 32.0 Å². The van der Waals surface area contributed by atoms with Crippen molar-refractivity contribution >= 4 is 17.6 Å². The number of aryl methyl sites for hydroxylation is 1. The van der Waals surface area contributed by atoms with E-state index in [2.05, 4.69) is 0 Å². The summed E-state index contributed by atoms with van der Waals surface area (Å²) in [6.45, 7) is 3.55. The molecule has 5 heteroatoms. The molecule has 1 amide bonds. The summed E-state index contributed by atoms with van der Waals surface area (Å²) in [6, 6.07) is 7.31. The highest BCUT2D eigenvalue weighted by Gasteiger charge is 2.21. The van der Waals surface area contributed by atoms with Crippen LogP contribution in [0.3, 0.4) is 0 Å². The fraction of sp³-hybridized carbons (Fsp3) is 0.467. The topological polar surface area (TPSA) is 83.6 Å². The summed E-state index contributed by atoms with van der Waals surface area (Å²) in [6.07, 6.45) is 1.59. The van der Waals surface area contributed by atoms with Crippen molar-refractivity contribution < 1.29 is 14.7 Å². The lowest BCUT2D eigenvalue weighted by atomic mass is 10.1. The lowest BCUT2D eigenvalue weighted by Gasteiger charge is -2.27. The molecule has 0 bridgehead atoms. The highest BCUT2D eigenvalue weighted by Crippen LogP contribution is 2.12. The fourth-order valence-electron chi connectivity index (χ4n) is 2.00. The van der Waals surface area contributed by atoms with Gasteiger partial charge >= 0.3 is 5.97 Å². The highest BCUT2D eigenvalue weighted by atomic mass is 16.4. The molecule has 0 heterocycles. The van der Waals surface area contributed by atoms with Crippen molar-refractivity contribution in [3.8, 4) is 0 Å². The first-order chi connectivity index (χ1) is 9.43. The minimum absolute atomic E-state index is 0.0700. The zero-order valence-corrected chi connectivity index (χ0v) is 12.0. The molecule has 1 unspecified atom stereocenters. The number of nitrogens with zero attached hydrogens (tertiary/aromatic N) is 1. The van der Waals surface area contributed by atoms with Gasteiger partial charge in [-0.25, -0.2) is 0 Å². The minimum Gasteiger partial charge on any atom is -0.480 e. The molecule has 1 rings (SSSR count). The van der Waals surface area contributed by atoms with Crippen LogP contribution in [0.4, 0.5) is 5.69 Å². The Morgan fingerprint density at radius 2 is 2.10 bits per heavy atom. The van der Waals surface area contributed by atoms with E-state index in [0.29, 0.717) is 18.5 Å². The SMILES string of the molecule is CCC(C)N(CC(=O)O)C(=O)CCc1cccc(N)c1. The molecule has 1 aromatic rings. The Morgan fingerprint density at radius 3 is 2.65 bits per heavy atom. The molecule has 0 radical (unpaired) electrons. The highest BCUT2D eigenvalue weighted by molar-refractivity contribution is 5.81. The Kier molecular flexibility index (Phi) is 6.03. The van der Waals surface area contributed by atoms with Crippen LogP contribution in [0.5, 0.6) is 0 Å². The van der Waals surface area contributed by atoms with Crippen LogP contribution in [-0.2, 0) is 16.0 Å². The number of benzene rings is 1. The molecule has 1 atom stereocenters. The summed E-state index contributed by atoms with van der Waals surface area (Å²) in [5, 5.41) is 8.89. The van der Waals surface area contributed by atoms with E-state index in [-0.39, 0.29) is 18.5 Å². The standard InChI is InChI=1S/C15H22N2O3/c1-3-11(2)17(10-15(19)20)14(18)8-7-12-5-4-6-13(16)9-12/h4-6,9,11H,3,7-8,10,16H2,1-2H3,(H,19,20). The Balaban J connectivity index is 2.64. The van der Waals surface area contributed by atoms with Gasteiger partial charge in [0, 0.05) is 18.2 Å². The molecular formula is C15H22N2O3. The van der Waals surface area contributed by atoms with Gasteiger partial charge < -0.3 is 15.7 Å². The molecular weight excluding hydrogens is 256 g/mol. The van der Waals surface area contributed by atoms with Gasteiger partial charge in [0.2, 0.25) is 5.91 Å². The van der Waals surface area contributed by atoms with E-state index in [0.717, 1.165) is 12.0 Å². The average molecular weight is 278 g/mol. The second-order valence-electron chi connectivity index (χ2n) is 4.92. The van der Waals surface area contributed by atoms with Crippen LogP contribution in [-0.4, -0.2) is 34.5 Å². The molecule has 0 saturated carbocycles. The number of rotatable bonds is 7. The number of nitrogens with two attached hydrogens (primary N) is 1. The smallest absolute Gasteiger partial charge is 0.323 e. The maximum atomic E-state index is 12.2. The third-order valence-electron chi connectivity index (χ3n) is 3.33. The van der Waals surface area contributed by atoms with Gasteiger partial charge in [-0.3, -0.25) is 9.59 Å². The second kappa shape index (κ2) is 7.53. The largest absolute Gasteiger partial charge is 0.480 e. The maximum Gasteiger partial charge on any atom is 0.323 e. The number of hydrogen-bond donors (Lipinski definition) is 2. The van der Waals surface area contributed by atoms with Crippen LogP contribution in [0.15, 0.2) is 24.3 Å². The first kappa shape index (κ1) is 16.0. The summed E-state index contributed by atoms with van der Waals surface area (Å²) >= 11 is 0. The Morgan fingerprint density at radius 1 is 1.40 bits per heavy atom. The molecule has 0 aliphatic rings. The summed E-state index contributed by atoms with van der Waals surface area (Å²) in [5.41, 5.74) is 7.34. The first-order valence-electron chi connectivity index (χ1n) is 6.79. The quantitative estimate of drug-likeness (QED) is 0.746. The van der Waals surface area contributed by atoms with E-state index in [9.17, 15) is 9.59 Å². The number of carbonyl (C=O) groups excluding carboxylic acids is 1. The molecule has 0 spiro atoms. The van der Waals surface area contributed by atoms with Gasteiger partial charge in [-0.05, 0) is 37.5 Å². The number of carboxylic acids is 1. The van der Waals surface area contributed by atoms with Crippen molar-refractivity contribution in [2.75, 3.05) is 12.3 Å². The Bertz CT molecular complexity index is 474. The molecule has 0 aromatic heterocycles. The van der Waals surface area contributed by atoms with Crippen LogP contribution in [0, 0.1) is 0 Å². The molecule has 0 fully saturated rings. The summed E-state index contributed by atoms with van der Waals surface area (Å²) in [7, 11) is 0. The van der Waals surface area contributed by atoms with Crippen LogP contribution in [0.25, 0.3) is 0 Å². The van der Waals surface area contributed by atoms with Gasteiger partial charge in [0.25, 0.3) is 0 Å². The van der Waals surface area contributed by atoms with Crippen LogP contribution < -0.4 is 5.73 Å². The molecule has 0 aliphatic heterocycles. The lowest BCUT2D eigenvalue weighted by molar-refractivity contribution is -0.146. The van der Waals surface area contributed by atoms with E-state index in [1.165, 1.54) is 4.90 Å². The Hall–Kier alpha value is -2.04. The minimum atomic E-state index is -0.984. The number of anilines is 1. The van der Waals surface area contributed by atoms with Gasteiger partial charge in [0.05, 0.1) is 0 Å². The number of carboxylic acid groups (broad SMARTS) is 1. The molecule has 20 heavy (non-hydrogen) atoms. The van der Waals surface area contributed by atoms with Gasteiger partial charge in [0.15, 0.2) is 0 Å². The summed E-state index contributed by atoms with van der Waals surface area (Å²) in [4.78, 5) is 24.4. The zero-order valence-electron chi connectivity index (χ0n) is 12.0. The predicted molar refractivity (Wildman–Crippen MR) is 78.3 cm³/mol. The number of aliphatic carboxylic acids is 1. The monoisotopic (exact) mass is 278 g/mol. The third kappa shape index (κ3) is 4.91. The summed E-state index contributed by atoms with van der Waals surface area (Å²) < 4.78 is 0. The number of hydrogen-bond acceptors (Lipinski definition) is 3. The van der Waals surface area contributed by atoms with Crippen LogP contribution in [0.1, 0.15) is 32.3 Å². The zero-order chi connectivity index (χ0) is 15.1. The normalized spacial score (nSPS) is 11.9. The van der Waals surface area contributed by atoms with Crippen molar-refractivity contribution in [1.29, 1.82) is 0 Å². The number of nitrogen functional groups attached to an aromatic ring is 1. The van der Waals surface area contributed by atoms with E-state index in [1.54, 1.807) is 6.07 Å². The van der Waals surface area contributed by atoms with Crippen molar-refractivity contribution in [3.63, 3.8) is 0 Å². The molecule has 3 N–H and O–H groups in total. The van der Waals surface area contributed by atoms with Gasteiger partial charge in [-0.1, -0.05) is 19.1 Å². The predicted octanol–water partition coefficient (Wildman–Crippen LogP) is 1.91. The van der Waals surface area contributed by atoms with Crippen molar-refractivity contribution in [2.24, 2.45) is 0 Å². The van der Waals surface area contributed by atoms with E-state index in [4.69, 9.17) is 10.8 Å². The molecule has 5 nitrogen and oxygen atoms in total.